The summed E-state index contributed by atoms with van der Waals surface area (Å²) in [5, 5.41) is 0. The van der Waals surface area contributed by atoms with Crippen molar-refractivity contribution in [2.75, 3.05) is 33.4 Å². The van der Waals surface area contributed by atoms with Gasteiger partial charge in [-0.3, -0.25) is 0 Å². The van der Waals surface area contributed by atoms with Crippen molar-refractivity contribution in [3.05, 3.63) is 29.8 Å². The molecule has 0 aromatic heterocycles. The lowest BCUT2D eigenvalue weighted by Crippen LogP contribution is -2.50. The van der Waals surface area contributed by atoms with E-state index in [0.717, 1.165) is 51.3 Å². The van der Waals surface area contributed by atoms with Gasteiger partial charge in [-0.25, -0.2) is 0 Å². The van der Waals surface area contributed by atoms with E-state index in [9.17, 15) is 0 Å². The number of rotatable bonds is 4. The van der Waals surface area contributed by atoms with Crippen molar-refractivity contribution >= 4 is 0 Å². The predicted molar refractivity (Wildman–Crippen MR) is 89.5 cm³/mol. The number of ether oxygens (including phenoxy) is 2. The van der Waals surface area contributed by atoms with Crippen LogP contribution in [0.15, 0.2) is 24.3 Å². The molecule has 3 rings (SSSR count). The molecule has 1 aromatic carbocycles. The van der Waals surface area contributed by atoms with Crippen LogP contribution in [0.5, 0.6) is 5.75 Å². The fourth-order valence-corrected chi connectivity index (χ4v) is 3.67. The Hall–Kier alpha value is -1.06. The van der Waals surface area contributed by atoms with Crippen LogP contribution >= 0.6 is 0 Å². The molecule has 1 spiro atoms. The number of fused-ring (bicyclic) bond motifs is 1. The van der Waals surface area contributed by atoms with Gasteiger partial charge in [0.05, 0.1) is 6.61 Å². The summed E-state index contributed by atoms with van der Waals surface area (Å²) in [6.07, 6.45) is 3.34. The minimum Gasteiger partial charge on any atom is -0.487 e. The summed E-state index contributed by atoms with van der Waals surface area (Å²) in [6, 6.07) is 8.54. The molecule has 2 heterocycles. The summed E-state index contributed by atoms with van der Waals surface area (Å²) in [5.74, 6) is 2.14. The molecule has 1 aromatic rings. The third-order valence-electron chi connectivity index (χ3n) is 4.97. The lowest BCUT2D eigenvalue weighted by atomic mass is 9.78. The molecular weight excluding hydrogens is 274 g/mol. The maximum Gasteiger partial charge on any atom is 0.123 e. The van der Waals surface area contributed by atoms with Crippen molar-refractivity contribution in [2.24, 2.45) is 5.92 Å². The molecule has 1 saturated heterocycles. The van der Waals surface area contributed by atoms with Crippen molar-refractivity contribution in [1.82, 2.24) is 4.90 Å². The van der Waals surface area contributed by atoms with E-state index < -0.39 is 0 Å². The summed E-state index contributed by atoms with van der Waals surface area (Å²) >= 11 is 0. The molecule has 1 unspecified atom stereocenters. The third kappa shape index (κ3) is 3.47. The molecule has 3 nitrogen and oxygen atoms in total. The van der Waals surface area contributed by atoms with Gasteiger partial charge < -0.3 is 14.4 Å². The fraction of sp³-hybridized carbons (Fsp3) is 0.684. The van der Waals surface area contributed by atoms with Gasteiger partial charge in [-0.15, -0.1) is 0 Å². The van der Waals surface area contributed by atoms with Gasteiger partial charge in [0, 0.05) is 25.6 Å². The predicted octanol–water partition coefficient (Wildman–Crippen LogP) is 3.69. The fourth-order valence-electron chi connectivity index (χ4n) is 3.67. The maximum absolute atomic E-state index is 6.48. The van der Waals surface area contributed by atoms with Crippen LogP contribution in [0.4, 0.5) is 0 Å². The molecule has 0 amide bonds. The first-order valence-electron chi connectivity index (χ1n) is 8.62. The Labute approximate surface area is 134 Å². The van der Waals surface area contributed by atoms with Crippen LogP contribution in [0, 0.1) is 5.92 Å². The van der Waals surface area contributed by atoms with Crippen molar-refractivity contribution in [1.29, 1.82) is 0 Å². The van der Waals surface area contributed by atoms with Crippen LogP contribution in [-0.2, 0) is 4.74 Å². The smallest absolute Gasteiger partial charge is 0.123 e. The van der Waals surface area contributed by atoms with Gasteiger partial charge >= 0.3 is 0 Å². The van der Waals surface area contributed by atoms with Gasteiger partial charge in [-0.1, -0.05) is 32.0 Å². The first kappa shape index (κ1) is 15.8. The molecule has 0 saturated carbocycles. The molecule has 0 aliphatic carbocycles. The highest BCUT2D eigenvalue weighted by molar-refractivity contribution is 5.39. The first-order valence-corrected chi connectivity index (χ1v) is 8.62. The highest BCUT2D eigenvalue weighted by Crippen LogP contribution is 2.45. The minimum atomic E-state index is 0.0206. The van der Waals surface area contributed by atoms with E-state index in [1.165, 1.54) is 5.56 Å². The molecular formula is C19H29NO2. The second-order valence-electron chi connectivity index (χ2n) is 7.46. The Morgan fingerprint density at radius 3 is 2.73 bits per heavy atom. The highest BCUT2D eigenvalue weighted by atomic mass is 16.5. The average molecular weight is 303 g/mol. The SMILES string of the molecule is CC(C)COCC1CC2(CCN(C)CC2)Oc2ccccc21. The molecule has 3 heteroatoms. The number of para-hydroxylation sites is 1. The van der Waals surface area contributed by atoms with Crippen LogP contribution in [0.1, 0.15) is 44.6 Å². The highest BCUT2D eigenvalue weighted by Gasteiger charge is 2.42. The van der Waals surface area contributed by atoms with E-state index in [0.29, 0.717) is 11.8 Å². The number of piperidine rings is 1. The van der Waals surface area contributed by atoms with Crippen LogP contribution in [0.2, 0.25) is 0 Å². The van der Waals surface area contributed by atoms with Gasteiger partial charge in [-0.05, 0) is 43.9 Å². The van der Waals surface area contributed by atoms with E-state index in [4.69, 9.17) is 9.47 Å². The largest absolute Gasteiger partial charge is 0.487 e. The summed E-state index contributed by atoms with van der Waals surface area (Å²) in [4.78, 5) is 2.40. The molecule has 0 radical (unpaired) electrons. The van der Waals surface area contributed by atoms with Crippen LogP contribution in [0.3, 0.4) is 0 Å². The molecule has 0 N–H and O–H groups in total. The van der Waals surface area contributed by atoms with Crippen LogP contribution < -0.4 is 4.74 Å². The summed E-state index contributed by atoms with van der Waals surface area (Å²) in [5.41, 5.74) is 1.35. The standard InChI is InChI=1S/C19H29NO2/c1-15(2)13-21-14-16-12-19(8-10-20(3)11-9-19)22-18-7-5-4-6-17(16)18/h4-7,15-16H,8-14H2,1-3H3. The number of likely N-dealkylation sites (tertiary alicyclic amines) is 1. The molecule has 1 fully saturated rings. The zero-order valence-corrected chi connectivity index (χ0v) is 14.2. The second kappa shape index (κ2) is 6.59. The van der Waals surface area contributed by atoms with Crippen LogP contribution in [-0.4, -0.2) is 43.9 Å². The normalized spacial score (nSPS) is 24.3. The zero-order chi connectivity index (χ0) is 15.6. The molecule has 122 valence electrons. The Morgan fingerprint density at radius 1 is 1.27 bits per heavy atom. The van der Waals surface area contributed by atoms with E-state index in [-0.39, 0.29) is 5.60 Å². The average Bonchev–Trinajstić information content (AvgIpc) is 2.50. The van der Waals surface area contributed by atoms with E-state index in [1.54, 1.807) is 0 Å². The van der Waals surface area contributed by atoms with E-state index in [2.05, 4.69) is 50.1 Å². The topological polar surface area (TPSA) is 21.7 Å². The lowest BCUT2D eigenvalue weighted by molar-refractivity contribution is -0.0288. The monoisotopic (exact) mass is 303 g/mol. The zero-order valence-electron chi connectivity index (χ0n) is 14.2. The first-order chi connectivity index (χ1) is 10.6. The number of hydrogen-bond donors (Lipinski definition) is 0. The van der Waals surface area contributed by atoms with Gasteiger partial charge in [0.25, 0.3) is 0 Å². The summed E-state index contributed by atoms with van der Waals surface area (Å²) in [6.45, 7) is 8.32. The molecule has 2 aliphatic rings. The molecule has 22 heavy (non-hydrogen) atoms. The Balaban J connectivity index is 1.76. The number of nitrogens with zero attached hydrogens (tertiary/aromatic N) is 1. The van der Waals surface area contributed by atoms with Crippen LogP contribution in [0.25, 0.3) is 0 Å². The second-order valence-corrected chi connectivity index (χ2v) is 7.46. The quantitative estimate of drug-likeness (QED) is 0.847. The Morgan fingerprint density at radius 2 is 2.00 bits per heavy atom. The van der Waals surface area contributed by atoms with E-state index in [1.807, 2.05) is 0 Å². The van der Waals surface area contributed by atoms with Gasteiger partial charge in [0.15, 0.2) is 0 Å². The Bertz CT molecular complexity index is 492. The van der Waals surface area contributed by atoms with Crippen molar-refractivity contribution in [2.45, 2.75) is 44.6 Å². The summed E-state index contributed by atoms with van der Waals surface area (Å²) < 4.78 is 12.5. The minimum absolute atomic E-state index is 0.0206. The van der Waals surface area contributed by atoms with Gasteiger partial charge in [0.1, 0.15) is 11.4 Å². The molecule has 0 bridgehead atoms. The number of hydrogen-bond acceptors (Lipinski definition) is 3. The lowest BCUT2D eigenvalue weighted by Gasteiger charge is -2.46. The maximum atomic E-state index is 6.48. The Kier molecular flexibility index (Phi) is 4.74. The van der Waals surface area contributed by atoms with Crippen molar-refractivity contribution < 1.29 is 9.47 Å². The van der Waals surface area contributed by atoms with E-state index >= 15 is 0 Å². The van der Waals surface area contributed by atoms with Crippen molar-refractivity contribution in [3.63, 3.8) is 0 Å². The molecule has 1 atom stereocenters. The van der Waals surface area contributed by atoms with Gasteiger partial charge in [-0.2, -0.15) is 0 Å². The van der Waals surface area contributed by atoms with Crippen molar-refractivity contribution in [3.8, 4) is 5.75 Å². The summed E-state index contributed by atoms with van der Waals surface area (Å²) in [7, 11) is 2.20. The third-order valence-corrected chi connectivity index (χ3v) is 4.97. The molecule has 2 aliphatic heterocycles. The number of benzene rings is 1. The van der Waals surface area contributed by atoms with Gasteiger partial charge in [0.2, 0.25) is 0 Å².